The summed E-state index contributed by atoms with van der Waals surface area (Å²) in [5.41, 5.74) is 7.24. The number of hydrogen-bond donors (Lipinski definition) is 1. The van der Waals surface area contributed by atoms with Gasteiger partial charge in [-0.1, -0.05) is 23.7 Å². The maximum absolute atomic E-state index is 11.9. The summed E-state index contributed by atoms with van der Waals surface area (Å²) in [6, 6.07) is 11.4. The summed E-state index contributed by atoms with van der Waals surface area (Å²) in [4.78, 5) is 11.9. The summed E-state index contributed by atoms with van der Waals surface area (Å²) in [5.74, 6) is 0. The average Bonchev–Trinajstić information content (AvgIpc) is 2.55. The molecular weight excluding hydrogens is 298 g/mol. The highest BCUT2D eigenvalue weighted by Gasteiger charge is 2.36. The van der Waals surface area contributed by atoms with E-state index in [1.54, 1.807) is 23.0 Å². The Hall–Kier alpha value is -1.65. The number of nitrogens with zero attached hydrogens (tertiary/aromatic N) is 2. The first-order valence-corrected chi connectivity index (χ1v) is 8.02. The zero-order chi connectivity index (χ0) is 15.6. The van der Waals surface area contributed by atoms with E-state index >= 15 is 0 Å². The molecule has 0 bridgehead atoms. The van der Waals surface area contributed by atoms with Crippen molar-refractivity contribution in [1.29, 1.82) is 0 Å². The molecule has 1 aromatic carbocycles. The lowest BCUT2D eigenvalue weighted by Crippen LogP contribution is -2.41. The van der Waals surface area contributed by atoms with Crippen LogP contribution in [0.15, 0.2) is 47.4 Å². The van der Waals surface area contributed by atoms with Gasteiger partial charge >= 0.3 is 0 Å². The Bertz CT molecular complexity index is 705. The molecule has 0 amide bonds. The van der Waals surface area contributed by atoms with E-state index in [9.17, 15) is 4.79 Å². The van der Waals surface area contributed by atoms with Crippen LogP contribution in [-0.2, 0) is 5.41 Å². The fourth-order valence-corrected chi connectivity index (χ4v) is 3.66. The molecule has 1 fully saturated rings. The van der Waals surface area contributed by atoms with Crippen molar-refractivity contribution in [3.63, 3.8) is 0 Å². The Morgan fingerprint density at radius 2 is 2.05 bits per heavy atom. The van der Waals surface area contributed by atoms with Crippen molar-refractivity contribution in [2.75, 3.05) is 6.54 Å². The van der Waals surface area contributed by atoms with Crippen LogP contribution < -0.4 is 11.3 Å². The zero-order valence-corrected chi connectivity index (χ0v) is 13.2. The summed E-state index contributed by atoms with van der Waals surface area (Å²) in [5, 5.41) is 4.96. The van der Waals surface area contributed by atoms with Crippen LogP contribution in [-0.4, -0.2) is 16.3 Å². The summed E-state index contributed by atoms with van der Waals surface area (Å²) in [7, 11) is 0. The fraction of sp³-hybridized carbons (Fsp3) is 0.412. The highest BCUT2D eigenvalue weighted by molar-refractivity contribution is 6.30. The van der Waals surface area contributed by atoms with Crippen molar-refractivity contribution < 1.29 is 0 Å². The van der Waals surface area contributed by atoms with Crippen LogP contribution in [0, 0.1) is 0 Å². The number of benzene rings is 1. The third kappa shape index (κ3) is 2.81. The molecule has 1 aliphatic rings. The number of nitrogens with two attached hydrogens (primary N) is 1. The lowest BCUT2D eigenvalue weighted by Gasteiger charge is -2.40. The van der Waals surface area contributed by atoms with Crippen LogP contribution in [0.5, 0.6) is 0 Å². The number of halogens is 1. The maximum atomic E-state index is 11.9. The van der Waals surface area contributed by atoms with Crippen molar-refractivity contribution in [3.8, 4) is 0 Å². The molecule has 4 nitrogen and oxygen atoms in total. The standard InChI is InChI=1S/C17H20ClN3O/c18-14-4-1-3-13(11-14)17(12-19)8-6-15(7-9-17)21-16(22)5-2-10-20-21/h1-5,10-11,15H,6-9,12,19H2. The minimum Gasteiger partial charge on any atom is -0.330 e. The van der Waals surface area contributed by atoms with Gasteiger partial charge < -0.3 is 5.73 Å². The molecule has 116 valence electrons. The SMILES string of the molecule is NCC1(c2cccc(Cl)c2)CCC(n2ncccc2=O)CC1. The first-order chi connectivity index (χ1) is 10.6. The maximum Gasteiger partial charge on any atom is 0.266 e. The summed E-state index contributed by atoms with van der Waals surface area (Å²) in [6.07, 6.45) is 5.36. The van der Waals surface area contributed by atoms with E-state index in [2.05, 4.69) is 11.2 Å². The second-order valence-corrected chi connectivity index (χ2v) is 6.47. The molecule has 5 heteroatoms. The smallest absolute Gasteiger partial charge is 0.266 e. The molecule has 1 aromatic heterocycles. The molecule has 1 heterocycles. The molecule has 0 unspecified atom stereocenters. The van der Waals surface area contributed by atoms with E-state index in [-0.39, 0.29) is 17.0 Å². The fourth-order valence-electron chi connectivity index (χ4n) is 3.47. The van der Waals surface area contributed by atoms with Crippen LogP contribution in [0.3, 0.4) is 0 Å². The predicted octanol–water partition coefficient (Wildman–Crippen LogP) is 2.91. The van der Waals surface area contributed by atoms with Gasteiger partial charge in [-0.3, -0.25) is 4.79 Å². The van der Waals surface area contributed by atoms with Crippen LogP contribution in [0.25, 0.3) is 0 Å². The monoisotopic (exact) mass is 317 g/mol. The molecule has 0 spiro atoms. The first-order valence-electron chi connectivity index (χ1n) is 7.65. The highest BCUT2D eigenvalue weighted by Crippen LogP contribution is 2.42. The van der Waals surface area contributed by atoms with Crippen molar-refractivity contribution in [3.05, 3.63) is 63.5 Å². The van der Waals surface area contributed by atoms with Crippen molar-refractivity contribution in [2.24, 2.45) is 5.73 Å². The summed E-state index contributed by atoms with van der Waals surface area (Å²) < 4.78 is 1.61. The summed E-state index contributed by atoms with van der Waals surface area (Å²) >= 11 is 6.13. The topological polar surface area (TPSA) is 60.9 Å². The van der Waals surface area contributed by atoms with Gasteiger partial charge in [0, 0.05) is 29.2 Å². The molecule has 0 saturated heterocycles. The Morgan fingerprint density at radius 1 is 1.27 bits per heavy atom. The lowest BCUT2D eigenvalue weighted by atomic mass is 9.68. The van der Waals surface area contributed by atoms with Gasteiger partial charge in [-0.15, -0.1) is 0 Å². The number of aromatic nitrogens is 2. The average molecular weight is 318 g/mol. The Morgan fingerprint density at radius 3 is 2.68 bits per heavy atom. The van der Waals surface area contributed by atoms with Gasteiger partial charge in [0.15, 0.2) is 0 Å². The van der Waals surface area contributed by atoms with Gasteiger partial charge in [0.25, 0.3) is 5.56 Å². The molecule has 0 atom stereocenters. The predicted molar refractivity (Wildman–Crippen MR) is 88.2 cm³/mol. The van der Waals surface area contributed by atoms with Crippen molar-refractivity contribution in [1.82, 2.24) is 9.78 Å². The second-order valence-electron chi connectivity index (χ2n) is 6.03. The highest BCUT2D eigenvalue weighted by atomic mass is 35.5. The van der Waals surface area contributed by atoms with Gasteiger partial charge in [0.2, 0.25) is 0 Å². The van der Waals surface area contributed by atoms with Crippen molar-refractivity contribution in [2.45, 2.75) is 37.1 Å². The van der Waals surface area contributed by atoms with Crippen LogP contribution in [0.1, 0.15) is 37.3 Å². The van der Waals surface area contributed by atoms with Crippen LogP contribution in [0.2, 0.25) is 5.02 Å². The molecule has 0 aliphatic heterocycles. The zero-order valence-electron chi connectivity index (χ0n) is 12.4. The number of rotatable bonds is 3. The molecule has 2 aromatic rings. The van der Waals surface area contributed by atoms with E-state index in [4.69, 9.17) is 17.3 Å². The Balaban J connectivity index is 1.82. The third-order valence-corrected chi connectivity index (χ3v) is 5.06. The van der Waals surface area contributed by atoms with Crippen LogP contribution >= 0.6 is 11.6 Å². The summed E-state index contributed by atoms with van der Waals surface area (Å²) in [6.45, 7) is 0.594. The van der Waals surface area contributed by atoms with Gasteiger partial charge in [0.05, 0.1) is 6.04 Å². The van der Waals surface area contributed by atoms with Crippen molar-refractivity contribution >= 4 is 11.6 Å². The second kappa shape index (κ2) is 6.23. The largest absolute Gasteiger partial charge is 0.330 e. The van der Waals surface area contributed by atoms with E-state index in [1.165, 1.54) is 5.56 Å². The first kappa shape index (κ1) is 15.3. The molecule has 1 saturated carbocycles. The van der Waals surface area contributed by atoms with Crippen LogP contribution in [0.4, 0.5) is 0 Å². The number of hydrogen-bond acceptors (Lipinski definition) is 3. The van der Waals surface area contributed by atoms with Gasteiger partial charge in [-0.2, -0.15) is 5.10 Å². The molecule has 2 N–H and O–H groups in total. The molecule has 3 rings (SSSR count). The van der Waals surface area contributed by atoms with Gasteiger partial charge in [0.1, 0.15) is 0 Å². The minimum atomic E-state index is -0.0419. The Kier molecular flexibility index (Phi) is 4.32. The van der Waals surface area contributed by atoms with E-state index in [1.807, 2.05) is 18.2 Å². The van der Waals surface area contributed by atoms with E-state index in [0.29, 0.717) is 6.54 Å². The normalized spacial score (nSPS) is 25.1. The molecular formula is C17H20ClN3O. The van der Waals surface area contributed by atoms with E-state index < -0.39 is 0 Å². The minimum absolute atomic E-state index is 0.0319. The molecule has 0 radical (unpaired) electrons. The quantitative estimate of drug-likeness (QED) is 0.946. The third-order valence-electron chi connectivity index (χ3n) is 4.83. The lowest BCUT2D eigenvalue weighted by molar-refractivity contribution is 0.222. The van der Waals surface area contributed by atoms with Gasteiger partial charge in [-0.05, 0) is 49.4 Å². The molecule has 1 aliphatic carbocycles. The van der Waals surface area contributed by atoms with Gasteiger partial charge in [-0.25, -0.2) is 4.68 Å². The Labute approximate surface area is 134 Å². The van der Waals surface area contributed by atoms with E-state index in [0.717, 1.165) is 30.7 Å². The molecule has 22 heavy (non-hydrogen) atoms.